The van der Waals surface area contributed by atoms with E-state index in [0.29, 0.717) is 11.8 Å². The summed E-state index contributed by atoms with van der Waals surface area (Å²) in [4.78, 5) is 18.7. The first kappa shape index (κ1) is 29.5. The number of phosphoric ester groups is 1. The largest absolute Gasteiger partial charge is 1.00 e. The fourth-order valence-corrected chi connectivity index (χ4v) is 6.37. The number of ether oxygens (including phenoxy) is 1. The van der Waals surface area contributed by atoms with Gasteiger partial charge in [-0.2, -0.15) is 0 Å². The van der Waals surface area contributed by atoms with Gasteiger partial charge in [0.1, 0.15) is 11.5 Å². The molecule has 2 aromatic carbocycles. The van der Waals surface area contributed by atoms with Gasteiger partial charge in [0, 0.05) is 11.5 Å². The van der Waals surface area contributed by atoms with Gasteiger partial charge in [0.15, 0.2) is 5.75 Å². The minimum Gasteiger partial charge on any atom is -0.457 e. The number of rotatable bonds is 5. The van der Waals surface area contributed by atoms with Crippen molar-refractivity contribution in [1.29, 1.82) is 0 Å². The maximum atomic E-state index is 11.5. The number of hydrogen-bond donors (Lipinski definition) is 2. The van der Waals surface area contributed by atoms with E-state index in [4.69, 9.17) is 20.9 Å². The molecule has 0 heterocycles. The molecule has 0 amide bonds. The van der Waals surface area contributed by atoms with Crippen LogP contribution in [-0.2, 0) is 4.57 Å². The van der Waals surface area contributed by atoms with Gasteiger partial charge in [0.05, 0.1) is 5.02 Å². The molecular weight excluding hydrogens is 505 g/mol. The number of benzene rings is 2. The van der Waals surface area contributed by atoms with Gasteiger partial charge in [-0.15, -0.1) is 0 Å². The van der Waals surface area contributed by atoms with Gasteiger partial charge in [-0.25, -0.2) is 4.57 Å². The van der Waals surface area contributed by atoms with Gasteiger partial charge in [-0.05, 0) is 86.8 Å². The Balaban J connectivity index is 0.00000171. The summed E-state index contributed by atoms with van der Waals surface area (Å²) in [7, 11) is -4.75. The van der Waals surface area contributed by atoms with Gasteiger partial charge in [-0.1, -0.05) is 47.4 Å². The summed E-state index contributed by atoms with van der Waals surface area (Å²) in [6.45, 7) is 0. The van der Waals surface area contributed by atoms with Crippen molar-refractivity contribution in [3.8, 4) is 11.5 Å². The van der Waals surface area contributed by atoms with Crippen LogP contribution >= 0.6 is 19.4 Å². The van der Waals surface area contributed by atoms with E-state index in [1.165, 1.54) is 31.3 Å². The fraction of sp³-hybridized carbons (Fsp3) is 0.385. The standard InChI is InChI=1S/C26H28ClO5P.2Na/c27-23-14-13-19(16-24(23)32-33(28,29)30)26(31-20-9-2-1-3-10-20)25-18-8-6-12-22(25)21-11-5-4-7-17(21)15-18;;/h1-3,9-10,13-14,16,18,22H,4-8,11-12,15H2,(H2,28,29,30);;/q;2*+1/b26-25+;;. The van der Waals surface area contributed by atoms with Crippen LogP contribution in [0.3, 0.4) is 0 Å². The van der Waals surface area contributed by atoms with Crippen LogP contribution in [0.2, 0.25) is 5.02 Å². The molecule has 9 heteroatoms. The van der Waals surface area contributed by atoms with Crippen molar-refractivity contribution in [2.45, 2.75) is 51.4 Å². The molecule has 0 saturated heterocycles. The zero-order valence-electron chi connectivity index (χ0n) is 20.4. The minimum absolute atomic E-state index is 0. The number of allylic oxidation sites excluding steroid dienone is 3. The van der Waals surface area contributed by atoms with E-state index in [-0.39, 0.29) is 69.9 Å². The average Bonchev–Trinajstić information content (AvgIpc) is 2.79. The molecule has 2 N–H and O–H groups in total. The second-order valence-corrected chi connectivity index (χ2v) is 10.7. The smallest absolute Gasteiger partial charge is 0.457 e. The third-order valence-electron chi connectivity index (χ3n) is 7.04. The van der Waals surface area contributed by atoms with Gasteiger partial charge < -0.3 is 9.26 Å². The van der Waals surface area contributed by atoms with E-state index in [1.54, 1.807) is 23.3 Å². The zero-order valence-corrected chi connectivity index (χ0v) is 26.0. The molecule has 174 valence electrons. The van der Waals surface area contributed by atoms with Crippen molar-refractivity contribution in [3.05, 3.63) is 75.8 Å². The first-order valence-corrected chi connectivity index (χ1v) is 13.5. The summed E-state index contributed by atoms with van der Waals surface area (Å²) in [6, 6.07) is 14.7. The van der Waals surface area contributed by atoms with Crippen molar-refractivity contribution in [1.82, 2.24) is 0 Å². The summed E-state index contributed by atoms with van der Waals surface area (Å²) >= 11 is 6.21. The van der Waals surface area contributed by atoms with Crippen LogP contribution < -0.4 is 68.4 Å². The number of fused-ring (bicyclic) bond motifs is 3. The quantitative estimate of drug-likeness (QED) is 0.263. The molecule has 3 aliphatic rings. The Kier molecular flexibility index (Phi) is 10.7. The van der Waals surface area contributed by atoms with Gasteiger partial charge in [0.25, 0.3) is 0 Å². The van der Waals surface area contributed by atoms with Crippen molar-refractivity contribution in [2.24, 2.45) is 11.8 Å². The van der Waals surface area contributed by atoms with Crippen molar-refractivity contribution >= 4 is 25.2 Å². The molecule has 1 fully saturated rings. The predicted octanol–water partition coefficient (Wildman–Crippen LogP) is 1.30. The third kappa shape index (κ3) is 6.89. The molecule has 1 saturated carbocycles. The van der Waals surface area contributed by atoms with Crippen LogP contribution in [0.25, 0.3) is 5.76 Å². The Morgan fingerprint density at radius 2 is 1.71 bits per heavy atom. The average molecular weight is 533 g/mol. The number of para-hydroxylation sites is 1. The maximum Gasteiger partial charge on any atom is 1.00 e. The van der Waals surface area contributed by atoms with E-state index < -0.39 is 7.82 Å². The van der Waals surface area contributed by atoms with Crippen LogP contribution in [-0.4, -0.2) is 9.79 Å². The Hall–Kier alpha value is -0.0400. The molecule has 2 aromatic rings. The van der Waals surface area contributed by atoms with E-state index >= 15 is 0 Å². The number of halogens is 1. The summed E-state index contributed by atoms with van der Waals surface area (Å²) in [5, 5.41) is 0.146. The van der Waals surface area contributed by atoms with Crippen molar-refractivity contribution in [2.75, 3.05) is 0 Å². The third-order valence-corrected chi connectivity index (χ3v) is 7.79. The second-order valence-electron chi connectivity index (χ2n) is 9.15. The summed E-state index contributed by atoms with van der Waals surface area (Å²) in [5.41, 5.74) is 5.29. The Labute approximate surface area is 256 Å². The van der Waals surface area contributed by atoms with Crippen LogP contribution in [0.15, 0.2) is 65.3 Å². The molecule has 5 rings (SSSR count). The van der Waals surface area contributed by atoms with Crippen molar-refractivity contribution < 1.29 is 82.7 Å². The monoisotopic (exact) mass is 532 g/mol. The van der Waals surface area contributed by atoms with E-state index in [1.807, 2.05) is 36.4 Å². The predicted molar refractivity (Wildman–Crippen MR) is 129 cm³/mol. The Morgan fingerprint density at radius 1 is 0.971 bits per heavy atom. The molecular formula is C26H28ClNa2O5P+2. The molecule has 0 spiro atoms. The molecule has 0 aliphatic heterocycles. The fourth-order valence-electron chi connectivity index (χ4n) is 5.76. The Bertz CT molecular complexity index is 1160. The molecule has 3 aliphatic carbocycles. The molecule has 2 unspecified atom stereocenters. The SMILES string of the molecule is O=P(O)(O)Oc1cc(/C(Oc2ccccc2)=C2/C3CCCC2C2=C(CCCC2)C3)ccc1Cl.[Na+].[Na+]. The topological polar surface area (TPSA) is 76.0 Å². The molecule has 5 nitrogen and oxygen atoms in total. The summed E-state index contributed by atoms with van der Waals surface area (Å²) < 4.78 is 22.9. The second kappa shape index (κ2) is 12.7. The normalized spacial score (nSPS) is 22.8. The first-order valence-electron chi connectivity index (χ1n) is 11.6. The van der Waals surface area contributed by atoms with Gasteiger partial charge >= 0.3 is 66.9 Å². The van der Waals surface area contributed by atoms with Crippen LogP contribution in [0.5, 0.6) is 11.5 Å². The van der Waals surface area contributed by atoms with E-state index in [9.17, 15) is 14.4 Å². The number of hydrogen-bond acceptors (Lipinski definition) is 3. The zero-order chi connectivity index (χ0) is 23.0. The van der Waals surface area contributed by atoms with Crippen LogP contribution in [0, 0.1) is 11.8 Å². The molecule has 2 bridgehead atoms. The first-order chi connectivity index (χ1) is 15.9. The van der Waals surface area contributed by atoms with Crippen LogP contribution in [0.4, 0.5) is 0 Å². The summed E-state index contributed by atoms with van der Waals surface area (Å²) in [5.74, 6) is 2.24. The van der Waals surface area contributed by atoms with Gasteiger partial charge in [-0.3, -0.25) is 9.79 Å². The van der Waals surface area contributed by atoms with E-state index in [0.717, 1.165) is 42.8 Å². The summed E-state index contributed by atoms with van der Waals surface area (Å²) in [6.07, 6.45) is 9.43. The minimum atomic E-state index is -4.75. The van der Waals surface area contributed by atoms with Crippen LogP contribution in [0.1, 0.15) is 56.9 Å². The van der Waals surface area contributed by atoms with E-state index in [2.05, 4.69) is 0 Å². The molecule has 35 heavy (non-hydrogen) atoms. The maximum absolute atomic E-state index is 11.5. The molecule has 0 aromatic heterocycles. The van der Waals surface area contributed by atoms with Crippen molar-refractivity contribution in [3.63, 3.8) is 0 Å². The van der Waals surface area contributed by atoms with Gasteiger partial charge in [0.2, 0.25) is 0 Å². The Morgan fingerprint density at radius 3 is 2.46 bits per heavy atom. The number of phosphoric acid groups is 1. The molecule has 0 radical (unpaired) electrons. The molecule has 2 atom stereocenters.